The highest BCUT2D eigenvalue weighted by atomic mass is 16.5. The van der Waals surface area contributed by atoms with Crippen molar-refractivity contribution in [2.45, 2.75) is 25.7 Å². The van der Waals surface area contributed by atoms with Crippen LogP contribution in [0.5, 0.6) is 5.75 Å². The number of rotatable bonds is 4. The topological polar surface area (TPSA) is 35.2 Å². The van der Waals surface area contributed by atoms with E-state index in [-0.39, 0.29) is 0 Å². The van der Waals surface area contributed by atoms with Crippen molar-refractivity contribution in [3.8, 4) is 5.75 Å². The Morgan fingerprint density at radius 1 is 1.40 bits per heavy atom. The van der Waals surface area contributed by atoms with Gasteiger partial charge in [-0.1, -0.05) is 12.1 Å². The molecule has 0 saturated heterocycles. The van der Waals surface area contributed by atoms with E-state index >= 15 is 0 Å². The van der Waals surface area contributed by atoms with E-state index in [0.29, 0.717) is 5.92 Å². The summed E-state index contributed by atoms with van der Waals surface area (Å²) in [5.74, 6) is 2.44. The molecule has 2 N–H and O–H groups in total. The van der Waals surface area contributed by atoms with Crippen LogP contribution in [0.1, 0.15) is 31.2 Å². The Balaban J connectivity index is 2.00. The first kappa shape index (κ1) is 10.5. The van der Waals surface area contributed by atoms with Gasteiger partial charge in [0.1, 0.15) is 5.75 Å². The molecule has 1 fully saturated rings. The van der Waals surface area contributed by atoms with Gasteiger partial charge in [0.25, 0.3) is 0 Å². The average Bonchev–Trinajstić information content (AvgIpc) is 2.17. The standard InChI is InChI=1S/C13H19NO/c1-2-15-13-5-3-4-11(8-13)12-6-10(7-12)9-14/h3-5,8,10,12H,2,6-7,9,14H2,1H3. The van der Waals surface area contributed by atoms with Gasteiger partial charge in [-0.2, -0.15) is 0 Å². The Morgan fingerprint density at radius 3 is 2.87 bits per heavy atom. The molecule has 0 aromatic heterocycles. The van der Waals surface area contributed by atoms with Crippen LogP contribution in [0.3, 0.4) is 0 Å². The van der Waals surface area contributed by atoms with Crippen molar-refractivity contribution in [1.29, 1.82) is 0 Å². The Bertz CT molecular complexity index is 318. The largest absolute Gasteiger partial charge is 0.494 e. The van der Waals surface area contributed by atoms with Crippen LogP contribution < -0.4 is 10.5 Å². The van der Waals surface area contributed by atoms with E-state index < -0.39 is 0 Å². The molecule has 0 amide bonds. The van der Waals surface area contributed by atoms with Crippen LogP contribution in [0.25, 0.3) is 0 Å². The fourth-order valence-corrected chi connectivity index (χ4v) is 2.23. The van der Waals surface area contributed by atoms with Crippen molar-refractivity contribution < 1.29 is 4.74 Å². The van der Waals surface area contributed by atoms with E-state index in [1.54, 1.807) is 0 Å². The fraction of sp³-hybridized carbons (Fsp3) is 0.538. The molecular formula is C13H19NO. The Labute approximate surface area is 91.4 Å². The molecule has 0 aliphatic heterocycles. The molecule has 2 nitrogen and oxygen atoms in total. The second-order valence-corrected chi connectivity index (χ2v) is 4.28. The third-order valence-corrected chi connectivity index (χ3v) is 3.21. The van der Waals surface area contributed by atoms with E-state index in [2.05, 4.69) is 18.2 Å². The van der Waals surface area contributed by atoms with Gasteiger partial charge in [0, 0.05) is 0 Å². The van der Waals surface area contributed by atoms with Crippen LogP contribution in [0.2, 0.25) is 0 Å². The lowest BCUT2D eigenvalue weighted by Gasteiger charge is -2.35. The molecule has 1 aliphatic carbocycles. The van der Waals surface area contributed by atoms with Crippen LogP contribution in [0.15, 0.2) is 24.3 Å². The van der Waals surface area contributed by atoms with E-state index in [9.17, 15) is 0 Å². The van der Waals surface area contributed by atoms with Crippen molar-refractivity contribution in [2.24, 2.45) is 11.7 Å². The summed E-state index contributed by atoms with van der Waals surface area (Å²) in [6.07, 6.45) is 2.48. The molecule has 1 saturated carbocycles. The highest BCUT2D eigenvalue weighted by molar-refractivity contribution is 5.32. The lowest BCUT2D eigenvalue weighted by molar-refractivity contribution is 0.270. The van der Waals surface area contributed by atoms with Gasteiger partial charge in [-0.15, -0.1) is 0 Å². The average molecular weight is 205 g/mol. The molecule has 0 spiro atoms. The zero-order chi connectivity index (χ0) is 10.7. The molecule has 0 radical (unpaired) electrons. The molecule has 0 bridgehead atoms. The summed E-state index contributed by atoms with van der Waals surface area (Å²) >= 11 is 0. The van der Waals surface area contributed by atoms with Gasteiger partial charge in [0.05, 0.1) is 6.61 Å². The normalized spacial score (nSPS) is 24.7. The maximum absolute atomic E-state index is 5.63. The van der Waals surface area contributed by atoms with Gasteiger partial charge in [-0.05, 0) is 55.8 Å². The molecule has 1 aromatic rings. The molecule has 0 atom stereocenters. The van der Waals surface area contributed by atoms with Crippen molar-refractivity contribution in [1.82, 2.24) is 0 Å². The maximum atomic E-state index is 5.63. The Kier molecular flexibility index (Phi) is 3.27. The number of nitrogens with two attached hydrogens (primary N) is 1. The van der Waals surface area contributed by atoms with Crippen molar-refractivity contribution in [2.75, 3.05) is 13.2 Å². The van der Waals surface area contributed by atoms with E-state index in [1.165, 1.54) is 18.4 Å². The molecule has 82 valence electrons. The maximum Gasteiger partial charge on any atom is 0.119 e. The molecule has 0 heterocycles. The zero-order valence-corrected chi connectivity index (χ0v) is 9.28. The summed E-state index contributed by atoms with van der Waals surface area (Å²) in [5, 5.41) is 0. The zero-order valence-electron chi connectivity index (χ0n) is 9.28. The smallest absolute Gasteiger partial charge is 0.119 e. The van der Waals surface area contributed by atoms with E-state index in [4.69, 9.17) is 10.5 Å². The van der Waals surface area contributed by atoms with Gasteiger partial charge >= 0.3 is 0 Å². The summed E-state index contributed by atoms with van der Waals surface area (Å²) in [4.78, 5) is 0. The summed E-state index contributed by atoms with van der Waals surface area (Å²) in [6.45, 7) is 3.58. The van der Waals surface area contributed by atoms with Crippen LogP contribution in [0, 0.1) is 5.92 Å². The number of benzene rings is 1. The fourth-order valence-electron chi connectivity index (χ4n) is 2.23. The lowest BCUT2D eigenvalue weighted by Crippen LogP contribution is -2.28. The molecule has 2 heteroatoms. The third kappa shape index (κ3) is 2.32. The second kappa shape index (κ2) is 4.67. The first-order chi connectivity index (χ1) is 7.33. The summed E-state index contributed by atoms with van der Waals surface area (Å²) in [6, 6.07) is 8.46. The number of hydrogen-bond acceptors (Lipinski definition) is 2. The van der Waals surface area contributed by atoms with Gasteiger partial charge in [0.15, 0.2) is 0 Å². The number of ether oxygens (including phenoxy) is 1. The third-order valence-electron chi connectivity index (χ3n) is 3.21. The summed E-state index contributed by atoms with van der Waals surface area (Å²) in [7, 11) is 0. The molecule has 1 aliphatic rings. The van der Waals surface area contributed by atoms with Crippen molar-refractivity contribution >= 4 is 0 Å². The van der Waals surface area contributed by atoms with Gasteiger partial charge in [-0.3, -0.25) is 0 Å². The minimum atomic E-state index is 0.707. The van der Waals surface area contributed by atoms with Crippen molar-refractivity contribution in [3.63, 3.8) is 0 Å². The SMILES string of the molecule is CCOc1cccc(C2CC(CN)C2)c1. The monoisotopic (exact) mass is 205 g/mol. The van der Waals surface area contributed by atoms with Crippen LogP contribution in [0.4, 0.5) is 0 Å². The first-order valence-electron chi connectivity index (χ1n) is 5.76. The Morgan fingerprint density at radius 2 is 2.20 bits per heavy atom. The van der Waals surface area contributed by atoms with Gasteiger partial charge in [0.2, 0.25) is 0 Å². The molecule has 0 unspecified atom stereocenters. The predicted octanol–water partition coefficient (Wildman–Crippen LogP) is 2.54. The van der Waals surface area contributed by atoms with Crippen LogP contribution in [-0.2, 0) is 0 Å². The minimum Gasteiger partial charge on any atom is -0.494 e. The highest BCUT2D eigenvalue weighted by Gasteiger charge is 2.29. The van der Waals surface area contributed by atoms with E-state index in [0.717, 1.165) is 24.8 Å². The predicted molar refractivity (Wildman–Crippen MR) is 62.1 cm³/mol. The lowest BCUT2D eigenvalue weighted by atomic mass is 9.71. The molecule has 15 heavy (non-hydrogen) atoms. The first-order valence-corrected chi connectivity index (χ1v) is 5.76. The Hall–Kier alpha value is -1.02. The van der Waals surface area contributed by atoms with E-state index in [1.807, 2.05) is 13.0 Å². The van der Waals surface area contributed by atoms with Gasteiger partial charge < -0.3 is 10.5 Å². The minimum absolute atomic E-state index is 0.707. The second-order valence-electron chi connectivity index (χ2n) is 4.28. The van der Waals surface area contributed by atoms with Crippen molar-refractivity contribution in [3.05, 3.63) is 29.8 Å². The summed E-state index contributed by atoms with van der Waals surface area (Å²) in [5.41, 5.74) is 7.04. The van der Waals surface area contributed by atoms with Crippen LogP contribution >= 0.6 is 0 Å². The molecular weight excluding hydrogens is 186 g/mol. The molecule has 1 aromatic carbocycles. The van der Waals surface area contributed by atoms with Gasteiger partial charge in [-0.25, -0.2) is 0 Å². The number of hydrogen-bond donors (Lipinski definition) is 1. The summed E-state index contributed by atoms with van der Waals surface area (Å²) < 4.78 is 5.49. The molecule has 2 rings (SSSR count). The quantitative estimate of drug-likeness (QED) is 0.819. The van der Waals surface area contributed by atoms with Crippen LogP contribution in [-0.4, -0.2) is 13.2 Å². The highest BCUT2D eigenvalue weighted by Crippen LogP contribution is 2.41.